The zero-order valence-corrected chi connectivity index (χ0v) is 10.4. The molecule has 2 rings (SSSR count). The highest BCUT2D eigenvalue weighted by molar-refractivity contribution is 5.82. The quantitative estimate of drug-likeness (QED) is 0.783. The Morgan fingerprint density at radius 3 is 3.00 bits per heavy atom. The molecule has 0 bridgehead atoms. The van der Waals surface area contributed by atoms with Crippen LogP contribution in [0.4, 0.5) is 0 Å². The van der Waals surface area contributed by atoms with Crippen molar-refractivity contribution in [1.29, 1.82) is 0 Å². The number of carbonyl (C=O) groups is 1. The van der Waals surface area contributed by atoms with Crippen LogP contribution >= 0.6 is 0 Å². The van der Waals surface area contributed by atoms with E-state index >= 15 is 0 Å². The summed E-state index contributed by atoms with van der Waals surface area (Å²) in [6.07, 6.45) is 7.01. The molecule has 0 unspecified atom stereocenters. The maximum atomic E-state index is 12.1. The van der Waals surface area contributed by atoms with E-state index in [0.717, 1.165) is 44.8 Å². The zero-order chi connectivity index (χ0) is 12.1. The Kier molecular flexibility index (Phi) is 4.31. The fourth-order valence-electron chi connectivity index (χ4n) is 2.27. The molecule has 0 N–H and O–H groups in total. The van der Waals surface area contributed by atoms with Gasteiger partial charge >= 0.3 is 0 Å². The van der Waals surface area contributed by atoms with Crippen LogP contribution in [0.2, 0.25) is 0 Å². The van der Waals surface area contributed by atoms with E-state index in [-0.39, 0.29) is 5.92 Å². The number of aryl methyl sites for hydroxylation is 1. The van der Waals surface area contributed by atoms with Crippen molar-refractivity contribution in [2.75, 3.05) is 13.2 Å². The first-order valence-electron chi connectivity index (χ1n) is 6.41. The van der Waals surface area contributed by atoms with Crippen LogP contribution in [0.25, 0.3) is 0 Å². The van der Waals surface area contributed by atoms with Crippen molar-refractivity contribution in [3.05, 3.63) is 18.2 Å². The van der Waals surface area contributed by atoms with Gasteiger partial charge in [0, 0.05) is 38.1 Å². The smallest absolute Gasteiger partial charge is 0.143 e. The molecule has 1 aliphatic heterocycles. The maximum Gasteiger partial charge on any atom is 0.143 e. The number of ether oxygens (including phenoxy) is 1. The second-order valence-electron chi connectivity index (χ2n) is 4.57. The number of imidazole rings is 1. The Labute approximate surface area is 102 Å². The summed E-state index contributed by atoms with van der Waals surface area (Å²) in [6, 6.07) is 0. The summed E-state index contributed by atoms with van der Waals surface area (Å²) in [7, 11) is 0. The summed E-state index contributed by atoms with van der Waals surface area (Å²) in [5.74, 6) is 1.40. The van der Waals surface area contributed by atoms with E-state index < -0.39 is 0 Å². The molecule has 1 aromatic heterocycles. The van der Waals surface area contributed by atoms with Gasteiger partial charge in [0.15, 0.2) is 0 Å². The summed E-state index contributed by atoms with van der Waals surface area (Å²) >= 11 is 0. The maximum absolute atomic E-state index is 12.1. The van der Waals surface area contributed by atoms with E-state index in [1.807, 2.05) is 6.20 Å². The average Bonchev–Trinajstić information content (AvgIpc) is 2.78. The number of aromatic nitrogens is 2. The normalized spacial score (nSPS) is 17.2. The van der Waals surface area contributed by atoms with Gasteiger partial charge in [-0.05, 0) is 19.3 Å². The van der Waals surface area contributed by atoms with Gasteiger partial charge in [-0.15, -0.1) is 0 Å². The Bertz CT molecular complexity index is 367. The summed E-state index contributed by atoms with van der Waals surface area (Å²) < 4.78 is 7.35. The molecule has 0 amide bonds. The van der Waals surface area contributed by atoms with Crippen molar-refractivity contribution < 1.29 is 9.53 Å². The standard InChI is InChI=1S/C13H20N2O2/c1-2-6-15-7-5-14-13(15)10-12(16)11-3-8-17-9-4-11/h5,7,11H,2-4,6,8-10H2,1H3. The monoisotopic (exact) mass is 236 g/mol. The molecule has 0 aliphatic carbocycles. The molecule has 0 saturated carbocycles. The number of nitrogens with zero attached hydrogens (tertiary/aromatic N) is 2. The van der Waals surface area contributed by atoms with Gasteiger partial charge in [-0.3, -0.25) is 4.79 Å². The summed E-state index contributed by atoms with van der Waals surface area (Å²) in [5.41, 5.74) is 0. The van der Waals surface area contributed by atoms with Crippen molar-refractivity contribution in [1.82, 2.24) is 9.55 Å². The molecule has 1 aliphatic rings. The van der Waals surface area contributed by atoms with Crippen molar-refractivity contribution in [2.45, 2.75) is 39.2 Å². The molecule has 1 saturated heterocycles. The zero-order valence-electron chi connectivity index (χ0n) is 10.4. The molecular weight excluding hydrogens is 216 g/mol. The van der Waals surface area contributed by atoms with E-state index in [0.29, 0.717) is 12.2 Å². The van der Waals surface area contributed by atoms with Crippen molar-refractivity contribution in [2.24, 2.45) is 5.92 Å². The molecule has 17 heavy (non-hydrogen) atoms. The lowest BCUT2D eigenvalue weighted by Gasteiger charge is -2.20. The van der Waals surface area contributed by atoms with Gasteiger partial charge in [-0.1, -0.05) is 6.92 Å². The number of Topliss-reactive ketones (excluding diaryl/α,β-unsaturated/α-hetero) is 1. The van der Waals surface area contributed by atoms with Crippen LogP contribution < -0.4 is 0 Å². The van der Waals surface area contributed by atoms with E-state index in [4.69, 9.17) is 4.74 Å². The van der Waals surface area contributed by atoms with Crippen molar-refractivity contribution in [3.8, 4) is 0 Å². The summed E-state index contributed by atoms with van der Waals surface area (Å²) in [5, 5.41) is 0. The molecule has 0 aromatic carbocycles. The second kappa shape index (κ2) is 5.96. The fourth-order valence-corrected chi connectivity index (χ4v) is 2.27. The van der Waals surface area contributed by atoms with Crippen LogP contribution in [-0.2, 0) is 22.5 Å². The Morgan fingerprint density at radius 1 is 1.53 bits per heavy atom. The number of ketones is 1. The molecule has 1 aromatic rings. The molecule has 1 fully saturated rings. The minimum absolute atomic E-state index is 0.176. The van der Waals surface area contributed by atoms with E-state index in [9.17, 15) is 4.79 Å². The van der Waals surface area contributed by atoms with Gasteiger partial charge in [0.2, 0.25) is 0 Å². The molecule has 94 valence electrons. The minimum Gasteiger partial charge on any atom is -0.381 e. The Hall–Kier alpha value is -1.16. The minimum atomic E-state index is 0.176. The predicted octanol–water partition coefficient (Wildman–Crippen LogP) is 1.83. The van der Waals surface area contributed by atoms with Crippen LogP contribution in [-0.4, -0.2) is 28.5 Å². The Balaban J connectivity index is 1.94. The summed E-state index contributed by atoms with van der Waals surface area (Å²) in [4.78, 5) is 16.4. The van der Waals surface area contributed by atoms with Crippen LogP contribution in [0.15, 0.2) is 12.4 Å². The third kappa shape index (κ3) is 3.16. The van der Waals surface area contributed by atoms with Crippen LogP contribution in [0.1, 0.15) is 32.0 Å². The van der Waals surface area contributed by atoms with E-state index in [2.05, 4.69) is 16.5 Å². The van der Waals surface area contributed by atoms with Gasteiger partial charge in [-0.25, -0.2) is 4.98 Å². The Morgan fingerprint density at radius 2 is 2.29 bits per heavy atom. The molecule has 2 heterocycles. The highest BCUT2D eigenvalue weighted by atomic mass is 16.5. The summed E-state index contributed by atoms with van der Waals surface area (Å²) in [6.45, 7) is 4.51. The van der Waals surface area contributed by atoms with Crippen molar-refractivity contribution >= 4 is 5.78 Å². The number of rotatable bonds is 5. The van der Waals surface area contributed by atoms with Gasteiger partial charge < -0.3 is 9.30 Å². The first-order chi connectivity index (χ1) is 8.31. The van der Waals surface area contributed by atoms with E-state index in [1.165, 1.54) is 0 Å². The first-order valence-corrected chi connectivity index (χ1v) is 6.41. The first kappa shape index (κ1) is 12.3. The van der Waals surface area contributed by atoms with Gasteiger partial charge in [0.1, 0.15) is 11.6 Å². The topological polar surface area (TPSA) is 44.1 Å². The van der Waals surface area contributed by atoms with Gasteiger partial charge in [-0.2, -0.15) is 0 Å². The molecule has 0 atom stereocenters. The lowest BCUT2D eigenvalue weighted by atomic mass is 9.93. The lowest BCUT2D eigenvalue weighted by molar-refractivity contribution is -0.125. The molecule has 0 spiro atoms. The highest BCUT2D eigenvalue weighted by Gasteiger charge is 2.22. The van der Waals surface area contributed by atoms with Gasteiger partial charge in [0.05, 0.1) is 6.42 Å². The molecule has 4 nitrogen and oxygen atoms in total. The average molecular weight is 236 g/mol. The third-order valence-electron chi connectivity index (χ3n) is 3.28. The number of hydrogen-bond donors (Lipinski definition) is 0. The predicted molar refractivity (Wildman–Crippen MR) is 64.8 cm³/mol. The van der Waals surface area contributed by atoms with Crippen molar-refractivity contribution in [3.63, 3.8) is 0 Å². The van der Waals surface area contributed by atoms with Crippen LogP contribution in [0.5, 0.6) is 0 Å². The fraction of sp³-hybridized carbons (Fsp3) is 0.692. The molecule has 4 heteroatoms. The van der Waals surface area contributed by atoms with E-state index in [1.54, 1.807) is 6.20 Å². The number of hydrogen-bond acceptors (Lipinski definition) is 3. The number of carbonyl (C=O) groups excluding carboxylic acids is 1. The van der Waals surface area contributed by atoms with Crippen LogP contribution in [0.3, 0.4) is 0 Å². The lowest BCUT2D eigenvalue weighted by Crippen LogP contribution is -2.25. The van der Waals surface area contributed by atoms with Gasteiger partial charge in [0.25, 0.3) is 0 Å². The highest BCUT2D eigenvalue weighted by Crippen LogP contribution is 2.17. The second-order valence-corrected chi connectivity index (χ2v) is 4.57. The van der Waals surface area contributed by atoms with Crippen LogP contribution in [0, 0.1) is 5.92 Å². The third-order valence-corrected chi connectivity index (χ3v) is 3.28. The largest absolute Gasteiger partial charge is 0.381 e. The molecule has 0 radical (unpaired) electrons. The SMILES string of the molecule is CCCn1ccnc1CC(=O)C1CCOCC1. The molecular formula is C13H20N2O2.